The van der Waals surface area contributed by atoms with Crippen molar-refractivity contribution in [2.45, 2.75) is 13.0 Å². The van der Waals surface area contributed by atoms with Crippen LogP contribution < -0.4 is 10.6 Å². The highest BCUT2D eigenvalue weighted by atomic mass is 35.5. The molecule has 25 heavy (non-hydrogen) atoms. The number of amides is 1. The zero-order valence-electron chi connectivity index (χ0n) is 14.0. The van der Waals surface area contributed by atoms with E-state index < -0.39 is 6.10 Å². The van der Waals surface area contributed by atoms with Crippen LogP contribution >= 0.6 is 11.6 Å². The fourth-order valence-corrected chi connectivity index (χ4v) is 2.81. The highest BCUT2D eigenvalue weighted by molar-refractivity contribution is 6.30. The molecule has 2 heterocycles. The summed E-state index contributed by atoms with van der Waals surface area (Å²) in [6, 6.07) is 9.26. The van der Waals surface area contributed by atoms with Gasteiger partial charge in [0.2, 0.25) is 0 Å². The molecule has 3 aromatic rings. The van der Waals surface area contributed by atoms with Gasteiger partial charge < -0.3 is 20.3 Å². The van der Waals surface area contributed by atoms with Crippen molar-refractivity contribution in [3.63, 3.8) is 0 Å². The number of benzene rings is 1. The van der Waals surface area contributed by atoms with Crippen LogP contribution in [0.15, 0.2) is 42.7 Å². The number of fused-ring (bicyclic) bond motifs is 1. The molecule has 0 unspecified atom stereocenters. The van der Waals surface area contributed by atoms with Crippen molar-refractivity contribution in [2.24, 2.45) is 7.05 Å². The molecule has 1 atom stereocenters. The van der Waals surface area contributed by atoms with Crippen LogP contribution in [0.2, 0.25) is 5.02 Å². The van der Waals surface area contributed by atoms with Crippen molar-refractivity contribution in [3.8, 4) is 0 Å². The molecular weight excluding hydrogens is 340 g/mol. The zero-order chi connectivity index (χ0) is 18.0. The number of rotatable bonds is 5. The van der Waals surface area contributed by atoms with E-state index in [1.54, 1.807) is 19.1 Å². The molecule has 0 aliphatic heterocycles. The standard InChI is InChI=1S/C18H19ClN4O2/c1-11(24)9-21-18(25)15-10-20-17(14-6-7-23(2)16(14)15)22-13-5-3-4-12(19)8-13/h3-8,10-11,24H,9H2,1-2H3,(H,20,22)(H,21,25)/t11-/m0/s1. The van der Waals surface area contributed by atoms with Crippen molar-refractivity contribution in [2.75, 3.05) is 11.9 Å². The molecule has 3 rings (SSSR count). The summed E-state index contributed by atoms with van der Waals surface area (Å²) in [5.41, 5.74) is 2.04. The summed E-state index contributed by atoms with van der Waals surface area (Å²) < 4.78 is 1.87. The molecule has 0 aliphatic rings. The normalized spacial score (nSPS) is 12.2. The lowest BCUT2D eigenvalue weighted by atomic mass is 10.2. The first-order valence-corrected chi connectivity index (χ1v) is 8.26. The third kappa shape index (κ3) is 3.75. The van der Waals surface area contributed by atoms with Crippen LogP contribution in [-0.2, 0) is 7.05 Å². The van der Waals surface area contributed by atoms with Crippen LogP contribution in [0.1, 0.15) is 17.3 Å². The summed E-state index contributed by atoms with van der Waals surface area (Å²) in [7, 11) is 1.87. The molecule has 0 saturated carbocycles. The Hall–Kier alpha value is -2.57. The molecule has 130 valence electrons. The summed E-state index contributed by atoms with van der Waals surface area (Å²) in [6.07, 6.45) is 2.80. The molecule has 0 saturated heterocycles. The number of anilines is 2. The highest BCUT2D eigenvalue weighted by Gasteiger charge is 2.17. The summed E-state index contributed by atoms with van der Waals surface area (Å²) in [5.74, 6) is 0.374. The van der Waals surface area contributed by atoms with Crippen molar-refractivity contribution < 1.29 is 9.90 Å². The van der Waals surface area contributed by atoms with Crippen molar-refractivity contribution in [1.29, 1.82) is 0 Å². The van der Waals surface area contributed by atoms with Gasteiger partial charge in [-0.2, -0.15) is 0 Å². The average molecular weight is 359 g/mol. The van der Waals surface area contributed by atoms with E-state index in [-0.39, 0.29) is 12.5 Å². The number of aliphatic hydroxyl groups excluding tert-OH is 1. The number of pyridine rings is 1. The van der Waals surface area contributed by atoms with Crippen LogP contribution in [0, 0.1) is 0 Å². The number of nitrogens with zero attached hydrogens (tertiary/aromatic N) is 2. The lowest BCUT2D eigenvalue weighted by molar-refractivity contribution is 0.0925. The van der Waals surface area contributed by atoms with Gasteiger partial charge in [-0.15, -0.1) is 0 Å². The number of aryl methyl sites for hydroxylation is 1. The third-order valence-corrected chi connectivity index (χ3v) is 4.03. The number of halogens is 1. The molecule has 7 heteroatoms. The van der Waals surface area contributed by atoms with Crippen LogP contribution in [0.4, 0.5) is 11.5 Å². The maximum absolute atomic E-state index is 12.4. The minimum atomic E-state index is -0.607. The maximum Gasteiger partial charge on any atom is 0.255 e. The van der Waals surface area contributed by atoms with Gasteiger partial charge in [0.05, 0.1) is 17.2 Å². The predicted octanol–water partition coefficient (Wildman–Crippen LogP) is 3.08. The first-order valence-electron chi connectivity index (χ1n) is 7.88. The molecule has 0 spiro atoms. The highest BCUT2D eigenvalue weighted by Crippen LogP contribution is 2.28. The molecule has 3 N–H and O–H groups in total. The van der Waals surface area contributed by atoms with Crippen molar-refractivity contribution >= 4 is 39.9 Å². The fraction of sp³-hybridized carbons (Fsp3) is 0.222. The van der Waals surface area contributed by atoms with Crippen LogP contribution in [-0.4, -0.2) is 33.2 Å². The van der Waals surface area contributed by atoms with Gasteiger partial charge in [-0.3, -0.25) is 4.79 Å². The summed E-state index contributed by atoms with van der Waals surface area (Å²) >= 11 is 6.02. The molecule has 1 amide bonds. The van der Waals surface area contributed by atoms with E-state index in [4.69, 9.17) is 11.6 Å². The van der Waals surface area contributed by atoms with Crippen LogP contribution in [0.5, 0.6) is 0 Å². The minimum Gasteiger partial charge on any atom is -0.392 e. The molecule has 0 aliphatic carbocycles. The van der Waals surface area contributed by atoms with Gasteiger partial charge in [0.1, 0.15) is 5.82 Å². The molecule has 6 nitrogen and oxygen atoms in total. The van der Waals surface area contributed by atoms with E-state index in [9.17, 15) is 9.90 Å². The Bertz CT molecular complexity index is 921. The van der Waals surface area contributed by atoms with E-state index in [2.05, 4.69) is 15.6 Å². The number of hydrogen-bond acceptors (Lipinski definition) is 4. The Balaban J connectivity index is 1.98. The lowest BCUT2D eigenvalue weighted by Crippen LogP contribution is -2.31. The number of aromatic nitrogens is 2. The van der Waals surface area contributed by atoms with E-state index >= 15 is 0 Å². The zero-order valence-corrected chi connectivity index (χ0v) is 14.7. The monoisotopic (exact) mass is 358 g/mol. The second-order valence-corrected chi connectivity index (χ2v) is 6.34. The quantitative estimate of drug-likeness (QED) is 0.655. The van der Waals surface area contributed by atoms with Gasteiger partial charge >= 0.3 is 0 Å². The first-order chi connectivity index (χ1) is 12.0. The van der Waals surface area contributed by atoms with Gasteiger partial charge in [0.15, 0.2) is 0 Å². The second-order valence-electron chi connectivity index (χ2n) is 5.90. The molecule has 0 fully saturated rings. The van der Waals surface area contributed by atoms with Gasteiger partial charge in [-0.1, -0.05) is 17.7 Å². The topological polar surface area (TPSA) is 79.2 Å². The number of carbonyl (C=O) groups is 1. The fourth-order valence-electron chi connectivity index (χ4n) is 2.62. The second kappa shape index (κ2) is 7.13. The van der Waals surface area contributed by atoms with Crippen LogP contribution in [0.25, 0.3) is 10.9 Å². The predicted molar refractivity (Wildman–Crippen MR) is 99.5 cm³/mol. The Kier molecular flexibility index (Phi) is 4.92. The molecule has 0 radical (unpaired) electrons. The number of nitrogens with one attached hydrogen (secondary N) is 2. The Morgan fingerprint density at radius 1 is 1.40 bits per heavy atom. The van der Waals surface area contributed by atoms with Gasteiger partial charge in [-0.25, -0.2) is 4.98 Å². The van der Waals surface area contributed by atoms with E-state index in [1.165, 1.54) is 6.20 Å². The molecule has 0 bridgehead atoms. The summed E-state index contributed by atoms with van der Waals surface area (Å²) in [5, 5.41) is 16.7. The first kappa shape index (κ1) is 17.3. The van der Waals surface area contributed by atoms with Gasteiger partial charge in [0.25, 0.3) is 5.91 Å². The largest absolute Gasteiger partial charge is 0.392 e. The van der Waals surface area contributed by atoms with Crippen molar-refractivity contribution in [3.05, 3.63) is 53.3 Å². The SMILES string of the molecule is C[C@H](O)CNC(=O)c1cnc(Nc2cccc(Cl)c2)c2ccn(C)c12. The molecule has 1 aromatic carbocycles. The number of hydrogen-bond donors (Lipinski definition) is 3. The van der Waals surface area contributed by atoms with E-state index in [0.717, 1.165) is 16.6 Å². The lowest BCUT2D eigenvalue weighted by Gasteiger charge is -2.12. The van der Waals surface area contributed by atoms with E-state index in [1.807, 2.05) is 36.0 Å². The Labute approximate surface area is 150 Å². The average Bonchev–Trinajstić information content (AvgIpc) is 2.96. The minimum absolute atomic E-state index is 0.188. The van der Waals surface area contributed by atoms with Crippen LogP contribution in [0.3, 0.4) is 0 Å². The summed E-state index contributed by atoms with van der Waals surface area (Å²) in [4.78, 5) is 16.8. The Morgan fingerprint density at radius 2 is 2.20 bits per heavy atom. The Morgan fingerprint density at radius 3 is 2.92 bits per heavy atom. The van der Waals surface area contributed by atoms with E-state index in [0.29, 0.717) is 16.4 Å². The maximum atomic E-state index is 12.4. The number of aliphatic hydroxyl groups is 1. The smallest absolute Gasteiger partial charge is 0.255 e. The van der Waals surface area contributed by atoms with Crippen molar-refractivity contribution in [1.82, 2.24) is 14.9 Å². The number of carbonyl (C=O) groups excluding carboxylic acids is 1. The van der Waals surface area contributed by atoms with Gasteiger partial charge in [-0.05, 0) is 31.2 Å². The molecule has 2 aromatic heterocycles. The summed E-state index contributed by atoms with van der Waals surface area (Å²) in [6.45, 7) is 1.81. The third-order valence-electron chi connectivity index (χ3n) is 3.80. The van der Waals surface area contributed by atoms with Gasteiger partial charge in [0, 0.05) is 42.1 Å². The molecular formula is C18H19ClN4O2.